The van der Waals surface area contributed by atoms with Gasteiger partial charge in [0.1, 0.15) is 12.4 Å². The molecule has 1 unspecified atom stereocenters. The van der Waals surface area contributed by atoms with Crippen molar-refractivity contribution in [3.8, 4) is 5.75 Å². The second-order valence-corrected chi connectivity index (χ2v) is 9.87. The van der Waals surface area contributed by atoms with Gasteiger partial charge in [0.15, 0.2) is 11.4 Å². The zero-order valence-corrected chi connectivity index (χ0v) is 23.2. The molecule has 2 heterocycles. The second-order valence-electron chi connectivity index (χ2n) is 8.43. The van der Waals surface area contributed by atoms with Gasteiger partial charge in [-0.15, -0.1) is 0 Å². The minimum atomic E-state index is -0.755. The molecule has 1 aromatic heterocycles. The Balaban J connectivity index is 1.75. The minimum Gasteiger partial charge on any atom is -0.482 e. The molecule has 11 heteroatoms. The Labute approximate surface area is 233 Å². The van der Waals surface area contributed by atoms with Crippen LogP contribution in [0.2, 0.25) is 5.02 Å². The summed E-state index contributed by atoms with van der Waals surface area (Å²) < 4.78 is 22.7. The SMILES string of the molecule is CCOC(=O)COc1cccc(C=c2sc3n(c2=O)C(c2ccc(Cl)cc2)C(C(=O)OCCOC)=C(C)N=3)c1. The van der Waals surface area contributed by atoms with Gasteiger partial charge in [-0.25, -0.2) is 14.6 Å². The minimum absolute atomic E-state index is 0.0679. The fourth-order valence-electron chi connectivity index (χ4n) is 4.03. The van der Waals surface area contributed by atoms with E-state index in [1.54, 1.807) is 62.4 Å². The van der Waals surface area contributed by atoms with Crippen LogP contribution in [0, 0.1) is 0 Å². The number of aromatic nitrogens is 1. The van der Waals surface area contributed by atoms with Crippen molar-refractivity contribution in [2.45, 2.75) is 19.9 Å². The normalized spacial score (nSPS) is 15.0. The van der Waals surface area contributed by atoms with Crippen molar-refractivity contribution in [2.75, 3.05) is 33.5 Å². The predicted octanol–water partition coefficient (Wildman–Crippen LogP) is 3.02. The van der Waals surface area contributed by atoms with E-state index in [9.17, 15) is 14.4 Å². The quantitative estimate of drug-likeness (QED) is 0.272. The van der Waals surface area contributed by atoms with Gasteiger partial charge in [-0.05, 0) is 55.3 Å². The Kier molecular flexibility index (Phi) is 9.34. The van der Waals surface area contributed by atoms with Crippen molar-refractivity contribution < 1.29 is 28.5 Å². The Morgan fingerprint density at radius 3 is 2.62 bits per heavy atom. The highest BCUT2D eigenvalue weighted by molar-refractivity contribution is 7.07. The molecule has 0 radical (unpaired) electrons. The van der Waals surface area contributed by atoms with Crippen LogP contribution in [-0.2, 0) is 23.8 Å². The molecule has 2 aromatic carbocycles. The van der Waals surface area contributed by atoms with Crippen molar-refractivity contribution in [1.82, 2.24) is 4.57 Å². The fraction of sp³-hybridized carbons (Fsp3) is 0.286. The lowest BCUT2D eigenvalue weighted by Gasteiger charge is -2.24. The van der Waals surface area contributed by atoms with Crippen molar-refractivity contribution in [2.24, 2.45) is 4.99 Å². The maximum Gasteiger partial charge on any atom is 0.344 e. The van der Waals surface area contributed by atoms with Gasteiger partial charge in [0, 0.05) is 12.1 Å². The molecule has 0 spiro atoms. The first kappa shape index (κ1) is 28.3. The number of allylic oxidation sites excluding steroid dienone is 1. The van der Waals surface area contributed by atoms with Crippen molar-refractivity contribution in [1.29, 1.82) is 0 Å². The summed E-state index contributed by atoms with van der Waals surface area (Å²) in [6, 6.07) is 13.2. The van der Waals surface area contributed by atoms with E-state index in [2.05, 4.69) is 4.99 Å². The monoisotopic (exact) mass is 570 g/mol. The Bertz CT molecular complexity index is 1570. The molecule has 0 N–H and O–H groups in total. The van der Waals surface area contributed by atoms with E-state index >= 15 is 0 Å². The second kappa shape index (κ2) is 12.9. The number of carbonyl (C=O) groups is 2. The van der Waals surface area contributed by atoms with Crippen LogP contribution in [0.4, 0.5) is 0 Å². The van der Waals surface area contributed by atoms with Crippen molar-refractivity contribution in [3.05, 3.63) is 95.6 Å². The summed E-state index contributed by atoms with van der Waals surface area (Å²) in [5.74, 6) is -0.583. The van der Waals surface area contributed by atoms with Crippen molar-refractivity contribution in [3.63, 3.8) is 0 Å². The molecule has 0 bridgehead atoms. The first-order valence-corrected chi connectivity index (χ1v) is 13.3. The number of halogens is 1. The van der Waals surface area contributed by atoms with Gasteiger partial charge in [-0.1, -0.05) is 47.2 Å². The van der Waals surface area contributed by atoms with Crippen LogP contribution in [0.3, 0.4) is 0 Å². The molecule has 1 aliphatic rings. The average molecular weight is 571 g/mol. The molecule has 1 aliphatic heterocycles. The van der Waals surface area contributed by atoms with Crippen LogP contribution in [0.15, 0.2) is 69.6 Å². The maximum absolute atomic E-state index is 13.7. The third-order valence-electron chi connectivity index (χ3n) is 5.77. The highest BCUT2D eigenvalue weighted by Crippen LogP contribution is 2.31. The van der Waals surface area contributed by atoms with Gasteiger partial charge in [-0.3, -0.25) is 9.36 Å². The van der Waals surface area contributed by atoms with Crippen LogP contribution in [-0.4, -0.2) is 50.0 Å². The number of rotatable bonds is 10. The summed E-state index contributed by atoms with van der Waals surface area (Å²) in [6.07, 6.45) is 1.72. The van der Waals surface area contributed by atoms with Crippen LogP contribution in [0.1, 0.15) is 31.0 Å². The van der Waals surface area contributed by atoms with E-state index in [4.69, 9.17) is 30.5 Å². The van der Waals surface area contributed by atoms with E-state index in [1.807, 2.05) is 6.07 Å². The molecular formula is C28H27ClN2O7S. The third kappa shape index (κ3) is 6.65. The molecule has 4 rings (SSSR count). The van der Waals surface area contributed by atoms with Gasteiger partial charge in [0.2, 0.25) is 0 Å². The maximum atomic E-state index is 13.7. The van der Waals surface area contributed by atoms with Gasteiger partial charge in [0.05, 0.1) is 35.1 Å². The van der Waals surface area contributed by atoms with E-state index in [-0.39, 0.29) is 37.6 Å². The molecule has 3 aromatic rings. The summed E-state index contributed by atoms with van der Waals surface area (Å²) in [4.78, 5) is 43.6. The summed E-state index contributed by atoms with van der Waals surface area (Å²) >= 11 is 7.32. The fourth-order valence-corrected chi connectivity index (χ4v) is 5.20. The highest BCUT2D eigenvalue weighted by atomic mass is 35.5. The van der Waals surface area contributed by atoms with E-state index < -0.39 is 18.0 Å². The average Bonchev–Trinajstić information content (AvgIpc) is 3.21. The number of esters is 2. The summed E-state index contributed by atoms with van der Waals surface area (Å²) in [5.41, 5.74) is 1.79. The van der Waals surface area contributed by atoms with E-state index in [0.717, 1.165) is 0 Å². The predicted molar refractivity (Wildman–Crippen MR) is 147 cm³/mol. The number of carbonyl (C=O) groups excluding carboxylic acids is 2. The molecule has 0 saturated carbocycles. The zero-order valence-electron chi connectivity index (χ0n) is 21.6. The standard InChI is InChI=1S/C28H27ClN2O7S/c1-4-36-23(32)16-38-21-7-5-6-18(14-21)15-22-26(33)31-25(19-8-10-20(29)11-9-19)24(17(2)30-28(31)39-22)27(34)37-13-12-35-3/h5-11,14-15,25H,4,12-13,16H2,1-3H3. The number of benzene rings is 2. The number of hydrogen-bond acceptors (Lipinski definition) is 9. The molecule has 9 nitrogen and oxygen atoms in total. The summed E-state index contributed by atoms with van der Waals surface area (Å²) in [5, 5.41) is 0.529. The number of nitrogens with zero attached hydrogens (tertiary/aromatic N) is 2. The topological polar surface area (TPSA) is 105 Å². The lowest BCUT2D eigenvalue weighted by atomic mass is 9.96. The smallest absolute Gasteiger partial charge is 0.344 e. The number of ether oxygens (including phenoxy) is 4. The molecule has 0 saturated heterocycles. The molecule has 0 amide bonds. The number of hydrogen-bond donors (Lipinski definition) is 0. The van der Waals surface area contributed by atoms with Crippen LogP contribution in [0.25, 0.3) is 6.08 Å². The largest absolute Gasteiger partial charge is 0.482 e. The molecular weight excluding hydrogens is 544 g/mol. The molecule has 39 heavy (non-hydrogen) atoms. The molecule has 1 atom stereocenters. The zero-order chi connectivity index (χ0) is 27.9. The molecule has 0 aliphatic carbocycles. The van der Waals surface area contributed by atoms with Crippen molar-refractivity contribution >= 4 is 41.0 Å². The van der Waals surface area contributed by atoms with Crippen LogP contribution < -0.4 is 19.6 Å². The molecule has 204 valence electrons. The molecule has 0 fully saturated rings. The number of fused-ring (bicyclic) bond motifs is 1. The number of methoxy groups -OCH3 is 1. The Morgan fingerprint density at radius 2 is 1.90 bits per heavy atom. The van der Waals surface area contributed by atoms with E-state index in [0.29, 0.717) is 36.9 Å². The lowest BCUT2D eigenvalue weighted by Crippen LogP contribution is -2.40. The Morgan fingerprint density at radius 1 is 1.13 bits per heavy atom. The third-order valence-corrected chi connectivity index (χ3v) is 7.00. The van der Waals surface area contributed by atoms with Gasteiger partial charge in [0.25, 0.3) is 5.56 Å². The Hall–Kier alpha value is -3.73. The lowest BCUT2D eigenvalue weighted by molar-refractivity contribution is -0.145. The van der Waals surface area contributed by atoms with Gasteiger partial charge >= 0.3 is 11.9 Å². The van der Waals surface area contributed by atoms with Crippen LogP contribution >= 0.6 is 22.9 Å². The van der Waals surface area contributed by atoms with Gasteiger partial charge < -0.3 is 18.9 Å². The highest BCUT2D eigenvalue weighted by Gasteiger charge is 2.33. The summed E-state index contributed by atoms with van der Waals surface area (Å²) in [6.45, 7) is 3.80. The summed E-state index contributed by atoms with van der Waals surface area (Å²) in [7, 11) is 1.52. The number of thiazole rings is 1. The first-order chi connectivity index (χ1) is 18.8. The van der Waals surface area contributed by atoms with E-state index in [1.165, 1.54) is 23.0 Å². The van der Waals surface area contributed by atoms with Gasteiger partial charge in [-0.2, -0.15) is 0 Å². The van der Waals surface area contributed by atoms with Crippen LogP contribution in [0.5, 0.6) is 5.75 Å². The first-order valence-electron chi connectivity index (χ1n) is 12.1.